The van der Waals surface area contributed by atoms with Gasteiger partial charge in [0.25, 0.3) is 5.69 Å². The second-order valence-electron chi connectivity index (χ2n) is 4.07. The first kappa shape index (κ1) is 14.6. The van der Waals surface area contributed by atoms with E-state index in [1.807, 2.05) is 0 Å². The molecule has 0 aliphatic heterocycles. The van der Waals surface area contributed by atoms with Gasteiger partial charge in [0.1, 0.15) is 11.5 Å². The van der Waals surface area contributed by atoms with Crippen molar-refractivity contribution >= 4 is 22.2 Å². The van der Waals surface area contributed by atoms with Crippen LogP contribution in [0.25, 0.3) is 0 Å². The number of nitrogens with one attached hydrogen (secondary N) is 1. The van der Waals surface area contributed by atoms with Crippen LogP contribution in [0.4, 0.5) is 15.8 Å². The first-order chi connectivity index (χ1) is 8.32. The highest BCUT2D eigenvalue weighted by molar-refractivity contribution is 7.84. The van der Waals surface area contributed by atoms with Gasteiger partial charge in [-0.05, 0) is 25.5 Å². The van der Waals surface area contributed by atoms with Crippen LogP contribution in [-0.2, 0) is 10.8 Å². The van der Waals surface area contributed by atoms with E-state index in [1.54, 1.807) is 13.2 Å². The summed E-state index contributed by atoms with van der Waals surface area (Å²) >= 11 is 0. The smallest absolute Gasteiger partial charge is 0.295 e. The molecular formula is C11H15FN2O3S. The number of halogens is 1. The van der Waals surface area contributed by atoms with Gasteiger partial charge < -0.3 is 5.32 Å². The van der Waals surface area contributed by atoms with E-state index < -0.39 is 21.5 Å². The summed E-state index contributed by atoms with van der Waals surface area (Å²) in [4.78, 5) is 10.2. The molecule has 2 atom stereocenters. The van der Waals surface area contributed by atoms with E-state index >= 15 is 0 Å². The summed E-state index contributed by atoms with van der Waals surface area (Å²) in [6, 6.07) is 2.28. The van der Waals surface area contributed by atoms with Crippen molar-refractivity contribution in [1.82, 2.24) is 0 Å². The molecule has 1 aromatic rings. The van der Waals surface area contributed by atoms with Crippen molar-refractivity contribution < 1.29 is 13.5 Å². The lowest BCUT2D eigenvalue weighted by Crippen LogP contribution is -2.21. The largest absolute Gasteiger partial charge is 0.378 e. The lowest BCUT2D eigenvalue weighted by molar-refractivity contribution is -0.384. The highest BCUT2D eigenvalue weighted by atomic mass is 32.2. The van der Waals surface area contributed by atoms with Crippen LogP contribution in [0.2, 0.25) is 0 Å². The van der Waals surface area contributed by atoms with Crippen molar-refractivity contribution in [1.29, 1.82) is 0 Å². The average molecular weight is 274 g/mol. The molecule has 0 aliphatic carbocycles. The molecule has 0 fully saturated rings. The van der Waals surface area contributed by atoms with Gasteiger partial charge >= 0.3 is 0 Å². The fourth-order valence-electron chi connectivity index (χ4n) is 1.33. The molecule has 0 radical (unpaired) electrons. The molecule has 0 aromatic heterocycles. The first-order valence-corrected chi connectivity index (χ1v) is 6.95. The fraction of sp³-hybridized carbons (Fsp3) is 0.455. The number of nitro benzene ring substituents is 1. The van der Waals surface area contributed by atoms with Gasteiger partial charge in [-0.2, -0.15) is 0 Å². The normalized spacial score (nSPS) is 14.0. The molecular weight excluding hydrogens is 259 g/mol. The zero-order chi connectivity index (χ0) is 13.9. The molecule has 100 valence electrons. The summed E-state index contributed by atoms with van der Waals surface area (Å²) in [5.41, 5.74) is 0.261. The standard InChI is InChI=1S/C11H15FN2O3S/c1-7-4-10(13-6-8(2)18(3)17)11(14(15)16)5-9(7)12/h4-5,8,13H,6H2,1-3H3. The summed E-state index contributed by atoms with van der Waals surface area (Å²) in [5.74, 6) is -0.612. The molecule has 0 heterocycles. The first-order valence-electron chi connectivity index (χ1n) is 5.33. The molecule has 2 unspecified atom stereocenters. The Labute approximate surface area is 107 Å². The van der Waals surface area contributed by atoms with Gasteiger partial charge in [-0.25, -0.2) is 4.39 Å². The second-order valence-corrected chi connectivity index (χ2v) is 5.87. The molecule has 7 heteroatoms. The molecule has 18 heavy (non-hydrogen) atoms. The monoisotopic (exact) mass is 274 g/mol. The Kier molecular flexibility index (Phi) is 4.77. The van der Waals surface area contributed by atoms with Gasteiger partial charge in [-0.3, -0.25) is 14.3 Å². The van der Waals surface area contributed by atoms with Gasteiger partial charge in [0, 0.05) is 28.9 Å². The summed E-state index contributed by atoms with van der Waals surface area (Å²) < 4.78 is 24.4. The lowest BCUT2D eigenvalue weighted by atomic mass is 10.1. The van der Waals surface area contributed by atoms with Crippen molar-refractivity contribution in [2.75, 3.05) is 18.1 Å². The van der Waals surface area contributed by atoms with E-state index in [1.165, 1.54) is 13.0 Å². The van der Waals surface area contributed by atoms with Crippen molar-refractivity contribution in [2.24, 2.45) is 0 Å². The number of hydrogen-bond acceptors (Lipinski definition) is 4. The maximum atomic E-state index is 13.3. The number of nitro groups is 1. The Morgan fingerprint density at radius 1 is 1.56 bits per heavy atom. The fourth-order valence-corrected chi connectivity index (χ4v) is 1.65. The Bertz CT molecular complexity index is 493. The molecule has 1 aromatic carbocycles. The van der Waals surface area contributed by atoms with Gasteiger partial charge in [0.15, 0.2) is 0 Å². The third-order valence-corrected chi connectivity index (χ3v) is 3.92. The molecule has 0 spiro atoms. The molecule has 0 amide bonds. The van der Waals surface area contributed by atoms with Crippen molar-refractivity contribution in [2.45, 2.75) is 19.1 Å². The molecule has 5 nitrogen and oxygen atoms in total. The number of nitrogens with zero attached hydrogens (tertiary/aromatic N) is 1. The van der Waals surface area contributed by atoms with E-state index in [-0.39, 0.29) is 16.6 Å². The Morgan fingerprint density at radius 3 is 2.67 bits per heavy atom. The number of rotatable bonds is 5. The molecule has 1 N–H and O–H groups in total. The third kappa shape index (κ3) is 3.49. The minimum Gasteiger partial charge on any atom is -0.378 e. The van der Waals surface area contributed by atoms with Crippen LogP contribution >= 0.6 is 0 Å². The predicted octanol–water partition coefficient (Wildman–Crippen LogP) is 2.22. The van der Waals surface area contributed by atoms with Gasteiger partial charge in [-0.15, -0.1) is 0 Å². The molecule has 0 saturated heterocycles. The van der Waals surface area contributed by atoms with Crippen molar-refractivity contribution in [3.8, 4) is 0 Å². The van der Waals surface area contributed by atoms with E-state index in [0.29, 0.717) is 12.1 Å². The molecule has 1 rings (SSSR count). The number of benzene rings is 1. The minimum atomic E-state index is -1.02. The van der Waals surface area contributed by atoms with E-state index in [9.17, 15) is 18.7 Å². The summed E-state index contributed by atoms with van der Waals surface area (Å²) in [6.45, 7) is 3.63. The molecule has 0 bridgehead atoms. The maximum absolute atomic E-state index is 13.3. The second kappa shape index (κ2) is 5.90. The van der Waals surface area contributed by atoms with Gasteiger partial charge in [0.2, 0.25) is 0 Å². The maximum Gasteiger partial charge on any atom is 0.295 e. The summed E-state index contributed by atoms with van der Waals surface area (Å²) in [6.07, 6.45) is 1.57. The summed E-state index contributed by atoms with van der Waals surface area (Å²) in [5, 5.41) is 13.5. The Balaban J connectivity index is 2.97. The zero-order valence-corrected chi connectivity index (χ0v) is 11.2. The molecule has 0 aliphatic rings. The minimum absolute atomic E-state index is 0.144. The highest BCUT2D eigenvalue weighted by Crippen LogP contribution is 2.27. The summed E-state index contributed by atoms with van der Waals surface area (Å²) in [7, 11) is -1.02. The number of hydrogen-bond donors (Lipinski definition) is 1. The Morgan fingerprint density at radius 2 is 2.17 bits per heavy atom. The quantitative estimate of drug-likeness (QED) is 0.660. The van der Waals surface area contributed by atoms with Crippen LogP contribution in [0.1, 0.15) is 12.5 Å². The van der Waals surface area contributed by atoms with E-state index in [0.717, 1.165) is 6.07 Å². The van der Waals surface area contributed by atoms with Crippen LogP contribution < -0.4 is 5.32 Å². The lowest BCUT2D eigenvalue weighted by Gasteiger charge is -2.12. The average Bonchev–Trinajstić information content (AvgIpc) is 2.29. The zero-order valence-electron chi connectivity index (χ0n) is 10.4. The van der Waals surface area contributed by atoms with Crippen LogP contribution in [-0.4, -0.2) is 27.2 Å². The van der Waals surface area contributed by atoms with Crippen molar-refractivity contribution in [3.05, 3.63) is 33.6 Å². The van der Waals surface area contributed by atoms with Gasteiger partial charge in [-0.1, -0.05) is 0 Å². The number of anilines is 1. The predicted molar refractivity (Wildman–Crippen MR) is 69.8 cm³/mol. The van der Waals surface area contributed by atoms with Crippen LogP contribution in [0, 0.1) is 22.9 Å². The highest BCUT2D eigenvalue weighted by Gasteiger charge is 2.17. The third-order valence-electron chi connectivity index (χ3n) is 2.62. The van der Waals surface area contributed by atoms with E-state index in [4.69, 9.17) is 0 Å². The topological polar surface area (TPSA) is 72.2 Å². The van der Waals surface area contributed by atoms with Crippen LogP contribution in [0.3, 0.4) is 0 Å². The van der Waals surface area contributed by atoms with Crippen molar-refractivity contribution in [3.63, 3.8) is 0 Å². The van der Waals surface area contributed by atoms with Crippen LogP contribution in [0.5, 0.6) is 0 Å². The Hall–Kier alpha value is -1.50. The number of aryl methyl sites for hydroxylation is 1. The van der Waals surface area contributed by atoms with Crippen LogP contribution in [0.15, 0.2) is 12.1 Å². The van der Waals surface area contributed by atoms with Gasteiger partial charge in [0.05, 0.1) is 11.0 Å². The molecule has 0 saturated carbocycles. The van der Waals surface area contributed by atoms with E-state index in [2.05, 4.69) is 5.32 Å². The SMILES string of the molecule is Cc1cc(NCC(C)S(C)=O)c([N+](=O)[O-])cc1F.